The van der Waals surface area contributed by atoms with Crippen LogP contribution in [0.2, 0.25) is 0 Å². The van der Waals surface area contributed by atoms with E-state index in [9.17, 15) is 19.1 Å². The van der Waals surface area contributed by atoms with Gasteiger partial charge in [-0.2, -0.15) is 0 Å². The summed E-state index contributed by atoms with van der Waals surface area (Å²) < 4.78 is 30.1. The number of amides is 2. The van der Waals surface area contributed by atoms with Crippen LogP contribution in [0.5, 0.6) is 17.4 Å². The van der Waals surface area contributed by atoms with Crippen LogP contribution in [0.3, 0.4) is 0 Å². The SMILES string of the molecule is COc1cc(Oc2cc(CNC(=O)OC(C)(C)C)cc(C)n2)cc(C(=O)N2CC(O)C(F)C2)c1. The van der Waals surface area contributed by atoms with E-state index in [4.69, 9.17) is 14.2 Å². The fourth-order valence-electron chi connectivity index (χ4n) is 3.44. The predicted molar refractivity (Wildman–Crippen MR) is 122 cm³/mol. The second-order valence-corrected chi connectivity index (χ2v) is 9.10. The minimum atomic E-state index is -1.48. The van der Waals surface area contributed by atoms with Gasteiger partial charge >= 0.3 is 6.09 Å². The topological polar surface area (TPSA) is 110 Å². The van der Waals surface area contributed by atoms with Gasteiger partial charge in [0.1, 0.15) is 29.4 Å². The summed E-state index contributed by atoms with van der Waals surface area (Å²) in [6.07, 6.45) is -3.22. The summed E-state index contributed by atoms with van der Waals surface area (Å²) in [5.41, 5.74) is 1.03. The van der Waals surface area contributed by atoms with Gasteiger partial charge in [-0.3, -0.25) is 4.79 Å². The number of pyridine rings is 1. The summed E-state index contributed by atoms with van der Waals surface area (Å²) in [7, 11) is 1.45. The number of alkyl carbamates (subject to hydrolysis) is 1. The average Bonchev–Trinajstić information content (AvgIpc) is 3.08. The molecule has 10 heteroatoms. The molecular weight excluding hydrogens is 445 g/mol. The van der Waals surface area contributed by atoms with Crippen molar-refractivity contribution >= 4 is 12.0 Å². The van der Waals surface area contributed by atoms with Crippen molar-refractivity contribution in [2.75, 3.05) is 20.2 Å². The van der Waals surface area contributed by atoms with Crippen LogP contribution in [0.1, 0.15) is 42.4 Å². The lowest BCUT2D eigenvalue weighted by Gasteiger charge is -2.19. The minimum absolute atomic E-state index is 0.0825. The van der Waals surface area contributed by atoms with E-state index in [2.05, 4.69) is 10.3 Å². The van der Waals surface area contributed by atoms with Crippen molar-refractivity contribution in [1.82, 2.24) is 15.2 Å². The second kappa shape index (κ2) is 10.3. The number of hydrogen-bond donors (Lipinski definition) is 2. The number of carbonyl (C=O) groups excluding carboxylic acids is 2. The van der Waals surface area contributed by atoms with Crippen molar-refractivity contribution in [3.05, 3.63) is 47.2 Å². The summed E-state index contributed by atoms with van der Waals surface area (Å²) in [6.45, 7) is 7.08. The van der Waals surface area contributed by atoms with E-state index in [1.165, 1.54) is 24.1 Å². The molecule has 0 bridgehead atoms. The number of benzene rings is 1. The Balaban J connectivity index is 1.76. The quantitative estimate of drug-likeness (QED) is 0.659. The van der Waals surface area contributed by atoms with Gasteiger partial charge in [0, 0.05) is 36.5 Å². The van der Waals surface area contributed by atoms with Crippen molar-refractivity contribution in [2.24, 2.45) is 0 Å². The number of aryl methyl sites for hydroxylation is 1. The number of nitrogens with zero attached hydrogens (tertiary/aromatic N) is 2. The Labute approximate surface area is 197 Å². The average molecular weight is 476 g/mol. The Morgan fingerprint density at radius 1 is 1.18 bits per heavy atom. The molecule has 2 aromatic rings. The standard InChI is InChI=1S/C24H30FN3O6/c1-14-6-15(11-26-23(31)34-24(2,3)4)7-21(27-14)33-18-9-16(8-17(10-18)32-5)22(30)28-12-19(25)20(29)13-28/h6-10,19-20,29H,11-13H2,1-5H3,(H,26,31). The molecule has 1 aromatic carbocycles. The number of rotatable bonds is 6. The lowest BCUT2D eigenvalue weighted by atomic mass is 10.1. The number of aromatic nitrogens is 1. The monoisotopic (exact) mass is 475 g/mol. The van der Waals surface area contributed by atoms with Gasteiger partial charge in [-0.05, 0) is 51.5 Å². The highest BCUT2D eigenvalue weighted by atomic mass is 19.1. The first-order valence-corrected chi connectivity index (χ1v) is 10.9. The molecule has 0 saturated carbocycles. The number of alkyl halides is 1. The molecule has 184 valence electrons. The molecule has 3 rings (SSSR count). The Bertz CT molecular complexity index is 1050. The van der Waals surface area contributed by atoms with Crippen molar-refractivity contribution < 1.29 is 33.3 Å². The lowest BCUT2D eigenvalue weighted by molar-refractivity contribution is 0.0523. The van der Waals surface area contributed by atoms with Gasteiger partial charge in [0.05, 0.1) is 13.7 Å². The summed E-state index contributed by atoms with van der Waals surface area (Å²) in [5.74, 6) is 0.482. The number of β-amino-alcohol motifs (C(OH)–C–C–N with tert-alkyl or cyclic N) is 1. The number of methoxy groups -OCH3 is 1. The number of carbonyl (C=O) groups is 2. The molecular formula is C24H30FN3O6. The Kier molecular flexibility index (Phi) is 7.61. The number of aliphatic hydroxyl groups is 1. The summed E-state index contributed by atoms with van der Waals surface area (Å²) >= 11 is 0. The van der Waals surface area contributed by atoms with Gasteiger partial charge in [-0.25, -0.2) is 14.2 Å². The lowest BCUT2D eigenvalue weighted by Crippen LogP contribution is -2.32. The number of aliphatic hydroxyl groups excluding tert-OH is 1. The highest BCUT2D eigenvalue weighted by molar-refractivity contribution is 5.95. The van der Waals surface area contributed by atoms with Gasteiger partial charge < -0.3 is 29.5 Å². The zero-order valence-electron chi connectivity index (χ0n) is 19.9. The maximum atomic E-state index is 13.7. The maximum Gasteiger partial charge on any atom is 0.407 e. The van der Waals surface area contributed by atoms with Crippen molar-refractivity contribution in [3.8, 4) is 17.4 Å². The first-order chi connectivity index (χ1) is 15.9. The Hall–Kier alpha value is -3.40. The van der Waals surface area contributed by atoms with E-state index >= 15 is 0 Å². The largest absolute Gasteiger partial charge is 0.497 e. The Morgan fingerprint density at radius 3 is 2.50 bits per heavy atom. The molecule has 1 aliphatic heterocycles. The van der Waals surface area contributed by atoms with Gasteiger partial charge in [-0.15, -0.1) is 0 Å². The number of ether oxygens (including phenoxy) is 3. The van der Waals surface area contributed by atoms with Crippen LogP contribution in [0.15, 0.2) is 30.3 Å². The molecule has 2 N–H and O–H groups in total. The number of likely N-dealkylation sites (tertiary alicyclic amines) is 1. The fraction of sp³-hybridized carbons (Fsp3) is 0.458. The van der Waals surface area contributed by atoms with Crippen LogP contribution in [-0.4, -0.2) is 65.1 Å². The summed E-state index contributed by atoms with van der Waals surface area (Å²) in [4.78, 5) is 30.4. The second-order valence-electron chi connectivity index (χ2n) is 9.10. The zero-order valence-corrected chi connectivity index (χ0v) is 19.9. The summed E-state index contributed by atoms with van der Waals surface area (Å²) in [6, 6.07) is 8.08. The smallest absolute Gasteiger partial charge is 0.407 e. The molecule has 1 saturated heterocycles. The van der Waals surface area contributed by atoms with Gasteiger partial charge in [0.15, 0.2) is 0 Å². The molecule has 2 amide bonds. The molecule has 1 aromatic heterocycles. The molecule has 2 unspecified atom stereocenters. The van der Waals surface area contributed by atoms with Crippen molar-refractivity contribution in [3.63, 3.8) is 0 Å². The van der Waals surface area contributed by atoms with Crippen molar-refractivity contribution in [2.45, 2.75) is 52.1 Å². The molecule has 2 heterocycles. The minimum Gasteiger partial charge on any atom is -0.497 e. The highest BCUT2D eigenvalue weighted by Gasteiger charge is 2.34. The molecule has 1 aliphatic rings. The van der Waals surface area contributed by atoms with Crippen LogP contribution in [0.25, 0.3) is 0 Å². The van der Waals surface area contributed by atoms with Crippen LogP contribution in [0, 0.1) is 6.92 Å². The fourth-order valence-corrected chi connectivity index (χ4v) is 3.44. The third-order valence-corrected chi connectivity index (χ3v) is 4.92. The van der Waals surface area contributed by atoms with E-state index in [1.54, 1.807) is 45.9 Å². The van der Waals surface area contributed by atoms with Gasteiger partial charge in [-0.1, -0.05) is 0 Å². The molecule has 0 aliphatic carbocycles. The van der Waals surface area contributed by atoms with Crippen molar-refractivity contribution in [1.29, 1.82) is 0 Å². The predicted octanol–water partition coefficient (Wildman–Crippen LogP) is 3.37. The molecule has 9 nitrogen and oxygen atoms in total. The third kappa shape index (κ3) is 6.80. The third-order valence-electron chi connectivity index (χ3n) is 4.92. The molecule has 0 spiro atoms. The van der Waals surface area contributed by atoms with E-state index < -0.39 is 29.9 Å². The van der Waals surface area contributed by atoms with E-state index in [1.807, 2.05) is 0 Å². The number of halogens is 1. The van der Waals surface area contributed by atoms with E-state index in [0.717, 1.165) is 5.56 Å². The first kappa shape index (κ1) is 25.2. The molecule has 0 radical (unpaired) electrons. The highest BCUT2D eigenvalue weighted by Crippen LogP contribution is 2.29. The maximum absolute atomic E-state index is 13.7. The van der Waals surface area contributed by atoms with Crippen LogP contribution < -0.4 is 14.8 Å². The zero-order chi connectivity index (χ0) is 25.0. The normalized spacial score (nSPS) is 17.9. The molecule has 2 atom stereocenters. The molecule has 1 fully saturated rings. The van der Waals surface area contributed by atoms with Crippen LogP contribution >= 0.6 is 0 Å². The number of hydrogen-bond acceptors (Lipinski definition) is 7. The summed E-state index contributed by atoms with van der Waals surface area (Å²) in [5, 5.41) is 12.3. The molecule has 34 heavy (non-hydrogen) atoms. The van der Waals surface area contributed by atoms with Gasteiger partial charge in [0.2, 0.25) is 5.88 Å². The van der Waals surface area contributed by atoms with Crippen LogP contribution in [0.4, 0.5) is 9.18 Å². The van der Waals surface area contributed by atoms with E-state index in [0.29, 0.717) is 17.2 Å². The number of nitrogens with one attached hydrogen (secondary N) is 1. The van der Waals surface area contributed by atoms with Crippen LogP contribution in [-0.2, 0) is 11.3 Å². The van der Waals surface area contributed by atoms with Gasteiger partial charge in [0.25, 0.3) is 5.91 Å². The van der Waals surface area contributed by atoms with E-state index in [-0.39, 0.29) is 31.1 Å². The Morgan fingerprint density at radius 2 is 1.88 bits per heavy atom. The first-order valence-electron chi connectivity index (χ1n) is 10.9.